The largest absolute Gasteiger partial charge is 0.381 e. The van der Waals surface area contributed by atoms with Gasteiger partial charge in [0.1, 0.15) is 4.21 Å². The van der Waals surface area contributed by atoms with Gasteiger partial charge >= 0.3 is 0 Å². The van der Waals surface area contributed by atoms with Crippen molar-refractivity contribution in [2.24, 2.45) is 5.73 Å². The Morgan fingerprint density at radius 1 is 1.37 bits per heavy atom. The summed E-state index contributed by atoms with van der Waals surface area (Å²) in [6, 6.07) is 1.62. The van der Waals surface area contributed by atoms with Gasteiger partial charge in [0.2, 0.25) is 10.0 Å². The predicted octanol–water partition coefficient (Wildman–Crippen LogP) is 1.69. The number of nitrogens with one attached hydrogen (secondary N) is 1. The zero-order valence-corrected chi connectivity index (χ0v) is 12.9. The first-order chi connectivity index (χ1) is 9.10. The molecule has 1 rings (SSSR count). The minimum atomic E-state index is -3.39. The Bertz CT molecular complexity index is 457. The van der Waals surface area contributed by atoms with Crippen molar-refractivity contribution in [3.05, 3.63) is 17.0 Å². The number of unbranched alkanes of at least 4 members (excludes halogenated alkanes) is 1. The lowest BCUT2D eigenvalue weighted by Crippen LogP contribution is -2.25. The molecule has 5 nitrogen and oxygen atoms in total. The quantitative estimate of drug-likeness (QED) is 0.645. The van der Waals surface area contributed by atoms with Crippen LogP contribution in [0.5, 0.6) is 0 Å². The molecule has 0 amide bonds. The summed E-state index contributed by atoms with van der Waals surface area (Å²) in [5.74, 6) is 0. The first-order valence-corrected chi connectivity index (χ1v) is 8.81. The highest BCUT2D eigenvalue weighted by atomic mass is 32.2. The van der Waals surface area contributed by atoms with Gasteiger partial charge in [0, 0.05) is 26.3 Å². The molecule has 0 aliphatic rings. The van der Waals surface area contributed by atoms with Crippen molar-refractivity contribution in [2.45, 2.75) is 36.9 Å². The van der Waals surface area contributed by atoms with Gasteiger partial charge in [-0.05, 0) is 29.9 Å². The van der Waals surface area contributed by atoms with E-state index in [-0.39, 0.29) is 0 Å². The first kappa shape index (κ1) is 16.6. The van der Waals surface area contributed by atoms with Gasteiger partial charge in [0.05, 0.1) is 0 Å². The van der Waals surface area contributed by atoms with E-state index in [4.69, 9.17) is 10.5 Å². The van der Waals surface area contributed by atoms with E-state index in [2.05, 4.69) is 11.6 Å². The summed E-state index contributed by atoms with van der Waals surface area (Å²) in [6.07, 6.45) is 2.83. The molecule has 0 aromatic carbocycles. The molecule has 0 aliphatic carbocycles. The number of ether oxygens (including phenoxy) is 1. The average Bonchev–Trinajstić information content (AvgIpc) is 2.87. The van der Waals surface area contributed by atoms with Crippen LogP contribution >= 0.6 is 11.3 Å². The van der Waals surface area contributed by atoms with Crippen molar-refractivity contribution in [1.29, 1.82) is 0 Å². The van der Waals surface area contributed by atoms with Crippen LogP contribution in [-0.2, 0) is 21.3 Å². The van der Waals surface area contributed by atoms with Crippen molar-refractivity contribution in [3.63, 3.8) is 0 Å². The number of hydrogen-bond donors (Lipinski definition) is 2. The second-order valence-corrected chi connectivity index (χ2v) is 7.10. The summed E-state index contributed by atoms with van der Waals surface area (Å²) < 4.78 is 32.1. The number of sulfonamides is 1. The van der Waals surface area contributed by atoms with E-state index in [0.29, 0.717) is 30.3 Å². The van der Waals surface area contributed by atoms with Crippen LogP contribution in [0.1, 0.15) is 31.7 Å². The van der Waals surface area contributed by atoms with Crippen LogP contribution in [0.15, 0.2) is 15.7 Å². The Labute approximate surface area is 119 Å². The molecule has 0 saturated heterocycles. The zero-order chi connectivity index (χ0) is 14.1. The van der Waals surface area contributed by atoms with Gasteiger partial charge in [0.15, 0.2) is 0 Å². The lowest BCUT2D eigenvalue weighted by Gasteiger charge is -2.05. The summed E-state index contributed by atoms with van der Waals surface area (Å²) in [6.45, 7) is 4.19. The molecule has 0 atom stereocenters. The molecule has 0 fully saturated rings. The Hall–Kier alpha value is -0.470. The number of nitrogens with two attached hydrogens (primary N) is 1. The third-order valence-electron chi connectivity index (χ3n) is 2.53. The molecule has 3 N–H and O–H groups in total. The molecule has 110 valence electrons. The standard InChI is InChI=1S/C12H22N2O3S2/c1-2-3-6-17-7-4-5-14-19(15,16)12-8-11(9-13)10-18-12/h8,10,14H,2-7,9,13H2,1H3. The van der Waals surface area contributed by atoms with E-state index in [0.717, 1.165) is 25.0 Å². The molecule has 0 unspecified atom stereocenters. The molecular weight excluding hydrogens is 284 g/mol. The lowest BCUT2D eigenvalue weighted by atomic mass is 10.4. The third-order valence-corrected chi connectivity index (χ3v) is 5.48. The smallest absolute Gasteiger partial charge is 0.250 e. The number of thiophene rings is 1. The van der Waals surface area contributed by atoms with Gasteiger partial charge in [-0.15, -0.1) is 11.3 Å². The molecular formula is C12H22N2O3S2. The van der Waals surface area contributed by atoms with E-state index in [1.165, 1.54) is 11.3 Å². The highest BCUT2D eigenvalue weighted by molar-refractivity contribution is 7.91. The molecule has 7 heteroatoms. The first-order valence-electron chi connectivity index (χ1n) is 6.45. The van der Waals surface area contributed by atoms with Gasteiger partial charge in [-0.1, -0.05) is 13.3 Å². The fourth-order valence-corrected chi connectivity index (χ4v) is 3.74. The minimum absolute atomic E-state index is 0.319. The van der Waals surface area contributed by atoms with Crippen LogP contribution in [0.3, 0.4) is 0 Å². The van der Waals surface area contributed by atoms with Crippen LogP contribution in [-0.4, -0.2) is 28.2 Å². The fraction of sp³-hybridized carbons (Fsp3) is 0.667. The van der Waals surface area contributed by atoms with Gasteiger partial charge in [-0.3, -0.25) is 0 Å². The average molecular weight is 306 g/mol. The molecule has 0 aliphatic heterocycles. The molecule has 0 spiro atoms. The minimum Gasteiger partial charge on any atom is -0.381 e. The maximum Gasteiger partial charge on any atom is 0.250 e. The van der Waals surface area contributed by atoms with Gasteiger partial charge in [-0.2, -0.15) is 0 Å². The molecule has 1 heterocycles. The van der Waals surface area contributed by atoms with Gasteiger partial charge < -0.3 is 10.5 Å². The molecule has 1 aromatic rings. The van der Waals surface area contributed by atoms with E-state index in [1.54, 1.807) is 11.4 Å². The van der Waals surface area contributed by atoms with Gasteiger partial charge in [0.25, 0.3) is 0 Å². The highest BCUT2D eigenvalue weighted by Gasteiger charge is 2.15. The van der Waals surface area contributed by atoms with Crippen molar-refractivity contribution in [3.8, 4) is 0 Å². The highest BCUT2D eigenvalue weighted by Crippen LogP contribution is 2.19. The molecule has 19 heavy (non-hydrogen) atoms. The third kappa shape index (κ3) is 6.01. The lowest BCUT2D eigenvalue weighted by molar-refractivity contribution is 0.130. The van der Waals surface area contributed by atoms with Crippen LogP contribution in [0.2, 0.25) is 0 Å². The second kappa shape index (κ2) is 8.65. The van der Waals surface area contributed by atoms with Crippen molar-refractivity contribution < 1.29 is 13.2 Å². The maximum atomic E-state index is 11.9. The molecule has 0 radical (unpaired) electrons. The summed E-state index contributed by atoms with van der Waals surface area (Å²) >= 11 is 1.19. The maximum absolute atomic E-state index is 11.9. The Morgan fingerprint density at radius 3 is 2.74 bits per heavy atom. The van der Waals surface area contributed by atoms with E-state index in [1.807, 2.05) is 0 Å². The predicted molar refractivity (Wildman–Crippen MR) is 77.7 cm³/mol. The monoisotopic (exact) mass is 306 g/mol. The van der Waals surface area contributed by atoms with E-state index < -0.39 is 10.0 Å². The van der Waals surface area contributed by atoms with Crippen LogP contribution in [0, 0.1) is 0 Å². The molecule has 1 aromatic heterocycles. The second-order valence-electron chi connectivity index (χ2n) is 4.20. The van der Waals surface area contributed by atoms with Crippen molar-refractivity contribution in [2.75, 3.05) is 19.8 Å². The Balaban J connectivity index is 2.27. The SMILES string of the molecule is CCCCOCCCNS(=O)(=O)c1cc(CN)cs1. The fourth-order valence-electron chi connectivity index (χ4n) is 1.40. The van der Waals surface area contributed by atoms with Crippen molar-refractivity contribution >= 4 is 21.4 Å². The summed E-state index contributed by atoms with van der Waals surface area (Å²) in [5, 5.41) is 1.77. The van der Waals surface area contributed by atoms with E-state index >= 15 is 0 Å². The van der Waals surface area contributed by atoms with Crippen LogP contribution in [0.4, 0.5) is 0 Å². The van der Waals surface area contributed by atoms with Crippen LogP contribution < -0.4 is 10.5 Å². The number of hydrogen-bond acceptors (Lipinski definition) is 5. The topological polar surface area (TPSA) is 81.4 Å². The summed E-state index contributed by atoms with van der Waals surface area (Å²) in [4.78, 5) is 0. The van der Waals surface area contributed by atoms with E-state index in [9.17, 15) is 8.42 Å². The van der Waals surface area contributed by atoms with Gasteiger partial charge in [-0.25, -0.2) is 13.1 Å². The Kier molecular flexibility index (Phi) is 7.55. The normalized spacial score (nSPS) is 11.9. The zero-order valence-electron chi connectivity index (χ0n) is 11.2. The number of rotatable bonds is 10. The summed E-state index contributed by atoms with van der Waals surface area (Å²) in [7, 11) is -3.39. The molecule has 0 saturated carbocycles. The molecule has 0 bridgehead atoms. The Morgan fingerprint density at radius 2 is 2.11 bits per heavy atom. The van der Waals surface area contributed by atoms with Crippen LogP contribution in [0.25, 0.3) is 0 Å². The van der Waals surface area contributed by atoms with Crippen molar-refractivity contribution in [1.82, 2.24) is 4.72 Å². The summed E-state index contributed by atoms with van der Waals surface area (Å²) in [5.41, 5.74) is 6.30.